The average Bonchev–Trinajstić information content (AvgIpc) is 3.17. The molecule has 0 bridgehead atoms. The zero-order valence-corrected chi connectivity index (χ0v) is 13.4. The first kappa shape index (κ1) is 15.2. The van der Waals surface area contributed by atoms with Crippen LogP contribution < -0.4 is 5.32 Å². The van der Waals surface area contributed by atoms with Gasteiger partial charge in [-0.2, -0.15) is 0 Å². The van der Waals surface area contributed by atoms with Gasteiger partial charge in [0.05, 0.1) is 12.0 Å². The minimum Gasteiger partial charge on any atom is -0.481 e. The third kappa shape index (κ3) is 2.55. The zero-order chi connectivity index (χ0) is 15.7. The summed E-state index contributed by atoms with van der Waals surface area (Å²) in [6, 6.07) is -0.205. The Morgan fingerprint density at radius 1 is 1.45 bits per heavy atom. The number of aryl methyl sites for hydroxylation is 1. The maximum absolute atomic E-state index is 12.3. The van der Waals surface area contributed by atoms with Crippen LogP contribution in [0, 0.1) is 11.3 Å². The van der Waals surface area contributed by atoms with Gasteiger partial charge in [-0.15, -0.1) is 10.2 Å². The highest BCUT2D eigenvalue weighted by Gasteiger charge is 2.55. The second-order valence-corrected chi connectivity index (χ2v) is 7.18. The molecule has 2 amide bonds. The van der Waals surface area contributed by atoms with Crippen molar-refractivity contribution in [2.75, 3.05) is 13.1 Å². The van der Waals surface area contributed by atoms with Crippen LogP contribution in [0.3, 0.4) is 0 Å². The van der Waals surface area contributed by atoms with Gasteiger partial charge in [0.2, 0.25) is 0 Å². The highest BCUT2D eigenvalue weighted by atomic mass is 32.1. The van der Waals surface area contributed by atoms with E-state index in [1.165, 1.54) is 11.3 Å². The molecule has 1 aromatic rings. The number of likely N-dealkylation sites (tertiary alicyclic amines) is 1. The van der Waals surface area contributed by atoms with E-state index in [9.17, 15) is 14.7 Å². The number of carboxylic acids is 1. The maximum Gasteiger partial charge on any atom is 0.317 e. The van der Waals surface area contributed by atoms with E-state index in [1.807, 2.05) is 6.92 Å². The third-order valence-corrected chi connectivity index (χ3v) is 5.85. The summed E-state index contributed by atoms with van der Waals surface area (Å²) in [5, 5.41) is 22.1. The molecule has 2 N–H and O–H groups in total. The second-order valence-electron chi connectivity index (χ2n) is 6.03. The van der Waals surface area contributed by atoms with E-state index >= 15 is 0 Å². The molecule has 7 nitrogen and oxygen atoms in total. The van der Waals surface area contributed by atoms with Crippen molar-refractivity contribution in [1.82, 2.24) is 20.4 Å². The summed E-state index contributed by atoms with van der Waals surface area (Å²) >= 11 is 1.49. The second kappa shape index (κ2) is 5.83. The number of amides is 2. The normalized spacial score (nSPS) is 27.0. The zero-order valence-electron chi connectivity index (χ0n) is 12.5. The molecular formula is C14H20N4O3S. The Balaban J connectivity index is 1.58. The molecule has 1 saturated carbocycles. The van der Waals surface area contributed by atoms with Crippen molar-refractivity contribution in [3.63, 3.8) is 0 Å². The Morgan fingerprint density at radius 3 is 2.86 bits per heavy atom. The smallest absolute Gasteiger partial charge is 0.317 e. The summed E-state index contributed by atoms with van der Waals surface area (Å²) < 4.78 is 0. The predicted octanol–water partition coefficient (Wildman–Crippen LogP) is 1.50. The van der Waals surface area contributed by atoms with Gasteiger partial charge in [0.1, 0.15) is 10.0 Å². The molecule has 2 aliphatic rings. The fourth-order valence-corrected chi connectivity index (χ4v) is 4.28. The topological polar surface area (TPSA) is 95.4 Å². The molecule has 8 heteroatoms. The number of carbonyl (C=O) groups is 2. The van der Waals surface area contributed by atoms with Gasteiger partial charge in [-0.25, -0.2) is 4.79 Å². The van der Waals surface area contributed by atoms with Crippen molar-refractivity contribution in [3.05, 3.63) is 10.0 Å². The van der Waals surface area contributed by atoms with E-state index in [0.29, 0.717) is 26.1 Å². The highest BCUT2D eigenvalue weighted by molar-refractivity contribution is 7.11. The van der Waals surface area contributed by atoms with Crippen LogP contribution in [0.15, 0.2) is 0 Å². The largest absolute Gasteiger partial charge is 0.481 e. The van der Waals surface area contributed by atoms with Crippen LogP contribution in [0.1, 0.15) is 36.2 Å². The number of carboxylic acid groups (broad SMARTS) is 1. The van der Waals surface area contributed by atoms with Gasteiger partial charge >= 0.3 is 12.0 Å². The van der Waals surface area contributed by atoms with Gasteiger partial charge in [0.15, 0.2) is 0 Å². The number of urea groups is 1. The SMILES string of the molecule is CCc1nnc(CNC(=O)N2C[C@@H]3CCC[C@@]3(C(=O)O)C2)s1. The number of carbonyl (C=O) groups excluding carboxylic acids is 1. The first-order valence-electron chi connectivity index (χ1n) is 7.62. The van der Waals surface area contributed by atoms with E-state index in [4.69, 9.17) is 0 Å². The minimum atomic E-state index is -0.762. The molecule has 1 aromatic heterocycles. The lowest BCUT2D eigenvalue weighted by molar-refractivity contribution is -0.149. The quantitative estimate of drug-likeness (QED) is 0.875. The Morgan fingerprint density at radius 2 is 2.23 bits per heavy atom. The molecule has 3 rings (SSSR count). The summed E-state index contributed by atoms with van der Waals surface area (Å²) in [5.74, 6) is -0.675. The Kier molecular flexibility index (Phi) is 4.03. The van der Waals surface area contributed by atoms with Crippen molar-refractivity contribution >= 4 is 23.3 Å². The first-order chi connectivity index (χ1) is 10.5. The fourth-order valence-electron chi connectivity index (χ4n) is 3.56. The lowest BCUT2D eigenvalue weighted by Gasteiger charge is -2.23. The van der Waals surface area contributed by atoms with Gasteiger partial charge in [0, 0.05) is 13.1 Å². The Labute approximate surface area is 132 Å². The van der Waals surface area contributed by atoms with Crippen LogP contribution in [0.25, 0.3) is 0 Å². The van der Waals surface area contributed by atoms with Crippen LogP contribution in [0.4, 0.5) is 4.79 Å². The number of rotatable bonds is 4. The lowest BCUT2D eigenvalue weighted by atomic mass is 9.81. The molecule has 2 fully saturated rings. The Bertz CT molecular complexity index is 590. The van der Waals surface area contributed by atoms with Crippen molar-refractivity contribution in [2.24, 2.45) is 11.3 Å². The number of nitrogens with zero attached hydrogens (tertiary/aromatic N) is 3. The van der Waals surface area contributed by atoms with Gasteiger partial charge in [-0.05, 0) is 25.2 Å². The van der Waals surface area contributed by atoms with Crippen molar-refractivity contribution < 1.29 is 14.7 Å². The standard InChI is InChI=1S/C14H20N4O3S/c1-2-10-16-17-11(22-10)6-15-13(21)18-7-9-4-3-5-14(9,8-18)12(19)20/h9H,2-8H2,1H3,(H,15,21)(H,19,20)/t9-,14+/m0/s1. The van der Waals surface area contributed by atoms with Gasteiger partial charge in [-0.3, -0.25) is 4.79 Å². The summed E-state index contributed by atoms with van der Waals surface area (Å²) in [6.45, 7) is 3.21. The molecule has 1 saturated heterocycles. The van der Waals surface area contributed by atoms with Crippen LogP contribution in [-0.4, -0.2) is 45.3 Å². The summed E-state index contributed by atoms with van der Waals surface area (Å²) in [5.41, 5.74) is -0.727. The molecule has 0 spiro atoms. The van der Waals surface area contributed by atoms with E-state index in [1.54, 1.807) is 4.90 Å². The minimum absolute atomic E-state index is 0.0870. The summed E-state index contributed by atoms with van der Waals surface area (Å²) in [4.78, 5) is 25.5. The third-order valence-electron chi connectivity index (χ3n) is 4.79. The van der Waals surface area contributed by atoms with Crippen LogP contribution in [0.2, 0.25) is 0 Å². The highest BCUT2D eigenvalue weighted by Crippen LogP contribution is 2.48. The van der Waals surface area contributed by atoms with Crippen molar-refractivity contribution in [2.45, 2.75) is 39.2 Å². The van der Waals surface area contributed by atoms with Crippen molar-refractivity contribution in [1.29, 1.82) is 0 Å². The molecule has 1 aliphatic carbocycles. The van der Waals surface area contributed by atoms with Crippen LogP contribution >= 0.6 is 11.3 Å². The van der Waals surface area contributed by atoms with Gasteiger partial charge in [0.25, 0.3) is 0 Å². The molecule has 120 valence electrons. The van der Waals surface area contributed by atoms with Crippen LogP contribution in [0.5, 0.6) is 0 Å². The number of fused-ring (bicyclic) bond motifs is 1. The molecule has 0 unspecified atom stereocenters. The molecule has 1 aliphatic heterocycles. The number of nitrogens with one attached hydrogen (secondary N) is 1. The summed E-state index contributed by atoms with van der Waals surface area (Å²) in [7, 11) is 0. The monoisotopic (exact) mass is 324 g/mol. The number of aliphatic carboxylic acids is 1. The fraction of sp³-hybridized carbons (Fsp3) is 0.714. The van der Waals surface area contributed by atoms with E-state index in [2.05, 4.69) is 15.5 Å². The first-order valence-corrected chi connectivity index (χ1v) is 8.44. The lowest BCUT2D eigenvalue weighted by Crippen LogP contribution is -2.41. The number of aromatic nitrogens is 2. The van der Waals surface area contributed by atoms with E-state index in [0.717, 1.165) is 29.3 Å². The molecule has 22 heavy (non-hydrogen) atoms. The van der Waals surface area contributed by atoms with Gasteiger partial charge < -0.3 is 15.3 Å². The Hall–Kier alpha value is -1.70. The van der Waals surface area contributed by atoms with Crippen LogP contribution in [-0.2, 0) is 17.8 Å². The molecular weight excluding hydrogens is 304 g/mol. The number of hydrogen-bond acceptors (Lipinski definition) is 5. The van der Waals surface area contributed by atoms with Gasteiger partial charge in [-0.1, -0.05) is 24.7 Å². The maximum atomic E-state index is 12.3. The molecule has 2 atom stereocenters. The average molecular weight is 324 g/mol. The summed E-state index contributed by atoms with van der Waals surface area (Å²) in [6.07, 6.45) is 3.34. The molecule has 2 heterocycles. The van der Waals surface area contributed by atoms with Crippen molar-refractivity contribution in [3.8, 4) is 0 Å². The predicted molar refractivity (Wildman–Crippen MR) is 80.5 cm³/mol. The van der Waals surface area contributed by atoms with E-state index < -0.39 is 11.4 Å². The molecule has 0 radical (unpaired) electrons. The van der Waals surface area contributed by atoms with E-state index in [-0.39, 0.29) is 11.9 Å². The number of hydrogen-bond donors (Lipinski definition) is 2. The molecule has 0 aromatic carbocycles.